The molecule has 0 unspecified atom stereocenters. The Hall–Kier alpha value is -1.76. The molecule has 0 spiro atoms. The number of hydrogen-bond acceptors (Lipinski definition) is 5. The molecule has 0 N–H and O–H groups in total. The van der Waals surface area contributed by atoms with Crippen LogP contribution < -0.4 is 0 Å². The van der Waals surface area contributed by atoms with E-state index < -0.39 is 4.92 Å². The van der Waals surface area contributed by atoms with Gasteiger partial charge in [0.1, 0.15) is 0 Å². The minimum Gasteiger partial charge on any atom is -0.411 e. The van der Waals surface area contributed by atoms with Crippen molar-refractivity contribution in [1.82, 2.24) is 10.2 Å². The molecule has 0 bridgehead atoms. The molecular weight excluding hydrogens is 278 g/mol. The molecule has 1 aromatic heterocycles. The SMILES string of the molecule is Cc1c(-c2nnc(Br)o2)cccc1[N+](=O)[O-]. The molecule has 1 aromatic carbocycles. The summed E-state index contributed by atoms with van der Waals surface area (Å²) in [4.78, 5) is 10.5. The number of nitrogens with zero attached hydrogens (tertiary/aromatic N) is 3. The standard InChI is InChI=1S/C9H6BrN3O3/c1-5-6(8-11-12-9(10)16-8)3-2-4-7(5)13(14)15/h2-4H,1H3. The average Bonchev–Trinajstić information content (AvgIpc) is 2.64. The van der Waals surface area contributed by atoms with Crippen LogP contribution in [0.1, 0.15) is 5.56 Å². The Morgan fingerprint density at radius 3 is 2.75 bits per heavy atom. The number of halogens is 1. The summed E-state index contributed by atoms with van der Waals surface area (Å²) >= 11 is 3.03. The molecule has 82 valence electrons. The van der Waals surface area contributed by atoms with E-state index in [2.05, 4.69) is 26.1 Å². The van der Waals surface area contributed by atoms with Crippen molar-refractivity contribution in [1.29, 1.82) is 0 Å². The van der Waals surface area contributed by atoms with Crippen molar-refractivity contribution in [2.24, 2.45) is 0 Å². The molecule has 6 nitrogen and oxygen atoms in total. The maximum Gasteiger partial charge on any atom is 0.285 e. The van der Waals surface area contributed by atoms with E-state index in [1.807, 2.05) is 0 Å². The molecule has 7 heteroatoms. The van der Waals surface area contributed by atoms with Crippen molar-refractivity contribution in [3.8, 4) is 11.5 Å². The predicted molar refractivity (Wildman–Crippen MR) is 58.8 cm³/mol. The fraction of sp³-hybridized carbons (Fsp3) is 0.111. The second kappa shape index (κ2) is 4.01. The third kappa shape index (κ3) is 1.81. The third-order valence-electron chi connectivity index (χ3n) is 2.13. The molecule has 0 aliphatic carbocycles. The van der Waals surface area contributed by atoms with Gasteiger partial charge in [-0.15, -0.1) is 10.2 Å². The minimum atomic E-state index is -0.440. The number of benzene rings is 1. The molecule has 0 radical (unpaired) electrons. The van der Waals surface area contributed by atoms with E-state index in [1.165, 1.54) is 6.07 Å². The zero-order valence-electron chi connectivity index (χ0n) is 8.18. The maximum absolute atomic E-state index is 10.7. The van der Waals surface area contributed by atoms with Gasteiger partial charge in [0.15, 0.2) is 0 Å². The normalized spacial score (nSPS) is 10.4. The van der Waals surface area contributed by atoms with Gasteiger partial charge >= 0.3 is 0 Å². The summed E-state index contributed by atoms with van der Waals surface area (Å²) in [7, 11) is 0. The third-order valence-corrected chi connectivity index (χ3v) is 2.45. The molecule has 2 rings (SSSR count). The van der Waals surface area contributed by atoms with Gasteiger partial charge in [0.05, 0.1) is 4.92 Å². The van der Waals surface area contributed by atoms with Gasteiger partial charge in [-0.3, -0.25) is 10.1 Å². The van der Waals surface area contributed by atoms with Crippen molar-refractivity contribution in [3.63, 3.8) is 0 Å². The molecule has 16 heavy (non-hydrogen) atoms. The Morgan fingerprint density at radius 1 is 1.44 bits per heavy atom. The number of nitro benzene ring substituents is 1. The number of hydrogen-bond donors (Lipinski definition) is 0. The highest BCUT2D eigenvalue weighted by molar-refractivity contribution is 9.10. The summed E-state index contributed by atoms with van der Waals surface area (Å²) in [5, 5.41) is 18.1. The van der Waals surface area contributed by atoms with Crippen molar-refractivity contribution in [3.05, 3.63) is 38.7 Å². The van der Waals surface area contributed by atoms with Crippen molar-refractivity contribution >= 4 is 21.6 Å². The van der Waals surface area contributed by atoms with Crippen molar-refractivity contribution < 1.29 is 9.34 Å². The number of nitro groups is 1. The highest BCUT2D eigenvalue weighted by atomic mass is 79.9. The first kappa shape index (κ1) is 10.7. The fourth-order valence-electron chi connectivity index (χ4n) is 1.37. The van der Waals surface area contributed by atoms with E-state index in [0.29, 0.717) is 11.1 Å². The first-order valence-electron chi connectivity index (χ1n) is 4.33. The topological polar surface area (TPSA) is 82.1 Å². The lowest BCUT2D eigenvalue weighted by Crippen LogP contribution is -1.93. The van der Waals surface area contributed by atoms with Crippen LogP contribution in [0.5, 0.6) is 0 Å². The smallest absolute Gasteiger partial charge is 0.285 e. The average molecular weight is 284 g/mol. The first-order chi connectivity index (χ1) is 7.59. The molecule has 2 aromatic rings. The van der Waals surface area contributed by atoms with Crippen LogP contribution in [-0.4, -0.2) is 15.1 Å². The van der Waals surface area contributed by atoms with Crippen LogP contribution in [0, 0.1) is 17.0 Å². The van der Waals surface area contributed by atoms with Gasteiger partial charge in [-0.1, -0.05) is 6.07 Å². The van der Waals surface area contributed by atoms with Crippen LogP contribution >= 0.6 is 15.9 Å². The maximum atomic E-state index is 10.7. The Balaban J connectivity index is 2.58. The summed E-state index contributed by atoms with van der Waals surface area (Å²) in [6.07, 6.45) is 0. The Bertz CT molecular complexity index is 553. The van der Waals surface area contributed by atoms with E-state index in [9.17, 15) is 10.1 Å². The summed E-state index contributed by atoms with van der Waals surface area (Å²) in [6.45, 7) is 1.64. The molecule has 0 fully saturated rings. The fourth-order valence-corrected chi connectivity index (χ4v) is 1.60. The summed E-state index contributed by atoms with van der Waals surface area (Å²) in [5.41, 5.74) is 1.10. The Kier molecular flexibility index (Phi) is 2.69. The van der Waals surface area contributed by atoms with Crippen LogP contribution in [-0.2, 0) is 0 Å². The van der Waals surface area contributed by atoms with Gasteiger partial charge < -0.3 is 4.42 Å². The number of aromatic nitrogens is 2. The van der Waals surface area contributed by atoms with Crippen LogP contribution in [0.25, 0.3) is 11.5 Å². The second-order valence-electron chi connectivity index (χ2n) is 3.07. The molecule has 0 atom stereocenters. The number of rotatable bonds is 2. The Morgan fingerprint density at radius 2 is 2.19 bits per heavy atom. The Labute approximate surface area is 98.6 Å². The molecule has 0 aliphatic heterocycles. The molecule has 0 saturated carbocycles. The van der Waals surface area contributed by atoms with E-state index in [0.717, 1.165) is 0 Å². The highest BCUT2D eigenvalue weighted by Crippen LogP contribution is 2.29. The molecule has 0 saturated heterocycles. The van der Waals surface area contributed by atoms with E-state index in [4.69, 9.17) is 4.42 Å². The van der Waals surface area contributed by atoms with Gasteiger partial charge in [0.2, 0.25) is 5.89 Å². The van der Waals surface area contributed by atoms with Crippen molar-refractivity contribution in [2.45, 2.75) is 6.92 Å². The van der Waals surface area contributed by atoms with Gasteiger partial charge in [0, 0.05) is 33.1 Å². The van der Waals surface area contributed by atoms with Gasteiger partial charge in [0.25, 0.3) is 10.5 Å². The highest BCUT2D eigenvalue weighted by Gasteiger charge is 2.17. The second-order valence-corrected chi connectivity index (χ2v) is 3.75. The monoisotopic (exact) mass is 283 g/mol. The van der Waals surface area contributed by atoms with Crippen LogP contribution in [0.3, 0.4) is 0 Å². The molecule has 1 heterocycles. The molecule has 0 amide bonds. The summed E-state index contributed by atoms with van der Waals surface area (Å²) in [5.74, 6) is 0.257. The lowest BCUT2D eigenvalue weighted by atomic mass is 10.1. The van der Waals surface area contributed by atoms with E-state index >= 15 is 0 Å². The summed E-state index contributed by atoms with van der Waals surface area (Å²) in [6, 6.07) is 4.71. The zero-order valence-corrected chi connectivity index (χ0v) is 9.76. The van der Waals surface area contributed by atoms with E-state index in [1.54, 1.807) is 19.1 Å². The first-order valence-corrected chi connectivity index (χ1v) is 5.12. The van der Waals surface area contributed by atoms with Crippen molar-refractivity contribution in [2.75, 3.05) is 0 Å². The van der Waals surface area contributed by atoms with Crippen LogP contribution in [0.2, 0.25) is 0 Å². The van der Waals surface area contributed by atoms with Gasteiger partial charge in [-0.2, -0.15) is 0 Å². The molecule has 0 aliphatic rings. The molecular formula is C9H6BrN3O3. The van der Waals surface area contributed by atoms with Crippen LogP contribution in [0.4, 0.5) is 5.69 Å². The minimum absolute atomic E-state index is 0.0341. The predicted octanol–water partition coefficient (Wildman–Crippen LogP) is 2.72. The quantitative estimate of drug-likeness (QED) is 0.625. The zero-order chi connectivity index (χ0) is 11.7. The summed E-state index contributed by atoms with van der Waals surface area (Å²) < 4.78 is 5.16. The van der Waals surface area contributed by atoms with Gasteiger partial charge in [-0.05, 0) is 13.0 Å². The lowest BCUT2D eigenvalue weighted by molar-refractivity contribution is -0.385. The largest absolute Gasteiger partial charge is 0.411 e. The lowest BCUT2D eigenvalue weighted by Gasteiger charge is -2.00. The van der Waals surface area contributed by atoms with Gasteiger partial charge in [-0.25, -0.2) is 0 Å². The van der Waals surface area contributed by atoms with Crippen LogP contribution in [0.15, 0.2) is 27.4 Å². The van der Waals surface area contributed by atoms with E-state index in [-0.39, 0.29) is 16.4 Å².